The van der Waals surface area contributed by atoms with Gasteiger partial charge in [-0.05, 0) is 43.1 Å². The number of carboxylic acids is 2. The zero-order valence-electron chi connectivity index (χ0n) is 22.8. The first-order chi connectivity index (χ1) is 19.4. The molecule has 0 radical (unpaired) electrons. The number of alkyl halides is 3. The number of halogens is 3. The molecule has 9 N–H and O–H groups in total. The van der Waals surface area contributed by atoms with Crippen molar-refractivity contribution in [2.45, 2.75) is 51.9 Å². The minimum Gasteiger partial charge on any atom is -0.481 e. The summed E-state index contributed by atoms with van der Waals surface area (Å²) in [6.45, 7) is 5.55. The number of anilines is 1. The molecular formula is C24H33F3N6O9. The standard InChI is InChI=1S/C22H32N6O7.C2HF3O2/c1-4-9-25-11-16(29)27-15(10-17(30)31)19(32)28-18(12(2)3)21(34)35-20(33)13-5-7-14(8-6-13)26-22(23)24;3-2(4,5)1(6)7/h5-8,12,15,18,25H,4,9-11H2,1-3H3,(H,27,29)(H,28,32)(H,30,31)(H4,23,24,26);(H,6,7)/t15-,18-;/m0./s1. The zero-order chi connectivity index (χ0) is 32.6. The Labute approximate surface area is 237 Å². The maximum Gasteiger partial charge on any atom is 0.490 e. The molecule has 0 spiro atoms. The molecule has 15 nitrogen and oxygen atoms in total. The summed E-state index contributed by atoms with van der Waals surface area (Å²) < 4.78 is 36.6. The van der Waals surface area contributed by atoms with Gasteiger partial charge in [0.25, 0.3) is 0 Å². The van der Waals surface area contributed by atoms with Crippen LogP contribution in [0, 0.1) is 11.3 Å². The van der Waals surface area contributed by atoms with E-state index >= 15 is 0 Å². The van der Waals surface area contributed by atoms with Crippen LogP contribution >= 0.6 is 0 Å². The highest BCUT2D eigenvalue weighted by Crippen LogP contribution is 2.13. The number of hydrogen-bond acceptors (Lipinski definition) is 9. The van der Waals surface area contributed by atoms with Crippen LogP contribution in [0.2, 0.25) is 0 Å². The van der Waals surface area contributed by atoms with Gasteiger partial charge in [0.15, 0.2) is 5.96 Å². The van der Waals surface area contributed by atoms with Crippen molar-refractivity contribution < 1.29 is 56.9 Å². The van der Waals surface area contributed by atoms with Gasteiger partial charge in [-0.25, -0.2) is 14.4 Å². The molecule has 18 heteroatoms. The number of benzene rings is 1. The molecule has 234 valence electrons. The molecule has 2 amide bonds. The second-order valence-corrected chi connectivity index (χ2v) is 8.75. The molecule has 0 aromatic heterocycles. The maximum absolute atomic E-state index is 12.7. The number of rotatable bonds is 13. The van der Waals surface area contributed by atoms with E-state index in [-0.39, 0.29) is 18.1 Å². The quantitative estimate of drug-likeness (QED) is 0.0500. The molecule has 2 atom stereocenters. The predicted molar refractivity (Wildman–Crippen MR) is 140 cm³/mol. The van der Waals surface area contributed by atoms with E-state index in [4.69, 9.17) is 30.9 Å². The van der Waals surface area contributed by atoms with Gasteiger partial charge in [0.1, 0.15) is 12.1 Å². The Kier molecular flexibility index (Phi) is 15.8. The Balaban J connectivity index is 0.00000212. The van der Waals surface area contributed by atoms with Crippen molar-refractivity contribution in [2.24, 2.45) is 11.7 Å². The Morgan fingerprint density at radius 1 is 1.02 bits per heavy atom. The lowest BCUT2D eigenvalue weighted by atomic mass is 10.0. The molecule has 0 bridgehead atoms. The van der Waals surface area contributed by atoms with Crippen LogP contribution in [0.25, 0.3) is 0 Å². The summed E-state index contributed by atoms with van der Waals surface area (Å²) in [5, 5.41) is 33.5. The number of nitrogens with two attached hydrogens (primary N) is 1. The van der Waals surface area contributed by atoms with Gasteiger partial charge >= 0.3 is 30.1 Å². The highest BCUT2D eigenvalue weighted by Gasteiger charge is 2.38. The summed E-state index contributed by atoms with van der Waals surface area (Å²) in [7, 11) is 0. The van der Waals surface area contributed by atoms with Crippen LogP contribution in [0.3, 0.4) is 0 Å². The molecule has 1 aromatic rings. The number of amides is 2. The molecule has 0 aliphatic carbocycles. The number of carbonyl (C=O) groups excluding carboxylic acids is 4. The molecule has 0 aliphatic heterocycles. The fraction of sp³-hybridized carbons (Fsp3) is 0.458. The molecule has 1 aromatic carbocycles. The second-order valence-electron chi connectivity index (χ2n) is 8.75. The lowest BCUT2D eigenvalue weighted by Crippen LogP contribution is -2.55. The van der Waals surface area contributed by atoms with Gasteiger partial charge in [0, 0.05) is 5.69 Å². The second kappa shape index (κ2) is 17.8. The summed E-state index contributed by atoms with van der Waals surface area (Å²) in [4.78, 5) is 69.8. The van der Waals surface area contributed by atoms with Gasteiger partial charge < -0.3 is 42.0 Å². The molecule has 0 saturated carbocycles. The minimum atomic E-state index is -5.08. The SMILES string of the molecule is CCCNCC(=O)N[C@@H](CC(=O)O)C(=O)N[C@H](C(=O)OC(=O)c1ccc(NC(=N)N)cc1)C(C)C.O=C(O)C(F)(F)F. The summed E-state index contributed by atoms with van der Waals surface area (Å²) in [5.74, 6) is -8.40. The monoisotopic (exact) mass is 606 g/mol. The van der Waals surface area contributed by atoms with Crippen molar-refractivity contribution in [2.75, 3.05) is 18.4 Å². The van der Waals surface area contributed by atoms with Crippen LogP contribution in [-0.4, -0.2) is 83.2 Å². The predicted octanol–water partition coefficient (Wildman–Crippen LogP) is 0.409. The van der Waals surface area contributed by atoms with Crippen molar-refractivity contribution in [1.29, 1.82) is 5.41 Å². The first kappa shape index (κ1) is 37.3. The van der Waals surface area contributed by atoms with Crippen molar-refractivity contribution >= 4 is 47.3 Å². The van der Waals surface area contributed by atoms with E-state index < -0.39 is 66.3 Å². The number of ether oxygens (including phenoxy) is 1. The largest absolute Gasteiger partial charge is 0.490 e. The number of carboxylic acid groups (broad SMARTS) is 2. The van der Waals surface area contributed by atoms with Gasteiger partial charge in [-0.2, -0.15) is 13.2 Å². The van der Waals surface area contributed by atoms with Crippen molar-refractivity contribution in [1.82, 2.24) is 16.0 Å². The smallest absolute Gasteiger partial charge is 0.481 e. The Bertz CT molecular complexity index is 1130. The van der Waals surface area contributed by atoms with E-state index in [1.54, 1.807) is 13.8 Å². The van der Waals surface area contributed by atoms with E-state index in [1.165, 1.54) is 24.3 Å². The average molecular weight is 607 g/mol. The highest BCUT2D eigenvalue weighted by atomic mass is 19.4. The molecule has 0 unspecified atom stereocenters. The van der Waals surface area contributed by atoms with Gasteiger partial charge in [-0.15, -0.1) is 0 Å². The third kappa shape index (κ3) is 15.2. The van der Waals surface area contributed by atoms with E-state index in [2.05, 4.69) is 21.3 Å². The summed E-state index contributed by atoms with van der Waals surface area (Å²) in [5.41, 5.74) is 5.72. The lowest BCUT2D eigenvalue weighted by molar-refractivity contribution is -0.192. The third-order valence-electron chi connectivity index (χ3n) is 4.80. The van der Waals surface area contributed by atoms with Crippen LogP contribution in [0.1, 0.15) is 44.0 Å². The first-order valence-corrected chi connectivity index (χ1v) is 12.2. The Hall–Kier alpha value is -4.74. The number of hydrogen-bond donors (Lipinski definition) is 8. The minimum absolute atomic E-state index is 0.0388. The van der Waals surface area contributed by atoms with Crippen molar-refractivity contribution in [3.8, 4) is 0 Å². The van der Waals surface area contributed by atoms with Gasteiger partial charge in [-0.1, -0.05) is 20.8 Å². The summed E-state index contributed by atoms with van der Waals surface area (Å²) in [6, 6.07) is 2.91. The number of carbonyl (C=O) groups is 6. The van der Waals surface area contributed by atoms with E-state index in [0.29, 0.717) is 12.2 Å². The van der Waals surface area contributed by atoms with Crippen LogP contribution in [0.15, 0.2) is 24.3 Å². The van der Waals surface area contributed by atoms with Crippen molar-refractivity contribution in [3.63, 3.8) is 0 Å². The van der Waals surface area contributed by atoms with Gasteiger partial charge in [-0.3, -0.25) is 19.8 Å². The molecule has 1 rings (SSSR count). The zero-order valence-corrected chi connectivity index (χ0v) is 22.8. The first-order valence-electron chi connectivity index (χ1n) is 12.2. The summed E-state index contributed by atoms with van der Waals surface area (Å²) in [6.07, 6.45) is -5.01. The topological polar surface area (TPSA) is 250 Å². The van der Waals surface area contributed by atoms with Crippen LogP contribution in [0.4, 0.5) is 18.9 Å². The highest BCUT2D eigenvalue weighted by molar-refractivity contribution is 6.00. The molecular weight excluding hydrogens is 573 g/mol. The van der Waals surface area contributed by atoms with Crippen LogP contribution < -0.4 is 27.0 Å². The molecule has 0 aliphatic rings. The molecule has 0 saturated heterocycles. The average Bonchev–Trinajstić information content (AvgIpc) is 2.86. The molecule has 42 heavy (non-hydrogen) atoms. The fourth-order valence-corrected chi connectivity index (χ4v) is 2.82. The number of guanidine groups is 1. The van der Waals surface area contributed by atoms with Crippen LogP contribution in [0.5, 0.6) is 0 Å². The van der Waals surface area contributed by atoms with Crippen LogP contribution in [-0.2, 0) is 28.7 Å². The Morgan fingerprint density at radius 2 is 1.57 bits per heavy atom. The normalized spacial score (nSPS) is 12.1. The molecule has 0 heterocycles. The fourth-order valence-electron chi connectivity index (χ4n) is 2.82. The van der Waals surface area contributed by atoms with Gasteiger partial charge in [0.05, 0.1) is 18.5 Å². The Morgan fingerprint density at radius 3 is 2.00 bits per heavy atom. The van der Waals surface area contributed by atoms with E-state index in [0.717, 1.165) is 6.42 Å². The number of esters is 2. The maximum atomic E-state index is 12.7. The number of nitrogens with one attached hydrogen (secondary N) is 5. The van der Waals surface area contributed by atoms with E-state index in [9.17, 15) is 37.1 Å². The van der Waals surface area contributed by atoms with Gasteiger partial charge in [0.2, 0.25) is 11.8 Å². The number of aliphatic carboxylic acids is 2. The molecule has 0 fully saturated rings. The van der Waals surface area contributed by atoms with E-state index in [1.807, 2.05) is 6.92 Å². The lowest BCUT2D eigenvalue weighted by Gasteiger charge is -2.23. The third-order valence-corrected chi connectivity index (χ3v) is 4.80. The van der Waals surface area contributed by atoms with Crippen molar-refractivity contribution in [3.05, 3.63) is 29.8 Å². The summed E-state index contributed by atoms with van der Waals surface area (Å²) >= 11 is 0.